The topological polar surface area (TPSA) is 115 Å². The number of imide groups is 1. The van der Waals surface area contributed by atoms with Crippen LogP contribution in [-0.2, 0) is 9.53 Å². The molecule has 29 heavy (non-hydrogen) atoms. The van der Waals surface area contributed by atoms with Crippen LogP contribution in [0, 0.1) is 13.8 Å². The Morgan fingerprint density at radius 2 is 1.93 bits per heavy atom. The van der Waals surface area contributed by atoms with Crippen molar-refractivity contribution >= 4 is 17.9 Å². The molecule has 0 aliphatic heterocycles. The molecule has 9 heteroatoms. The SMILES string of the molecule is Cc1cc(C)n(-c2ccc(C(=O)OC(C)C(=O)NC(=O)NC3CCCC3)cn2)n1. The number of pyridine rings is 1. The van der Waals surface area contributed by atoms with Gasteiger partial charge in [0.15, 0.2) is 11.9 Å². The Morgan fingerprint density at radius 1 is 1.21 bits per heavy atom. The highest BCUT2D eigenvalue weighted by Crippen LogP contribution is 2.17. The van der Waals surface area contributed by atoms with Crippen molar-refractivity contribution in [3.05, 3.63) is 41.3 Å². The standard InChI is InChI=1S/C20H25N5O4/c1-12-10-13(2)25(24-12)17-9-8-15(11-21-17)19(27)29-14(3)18(26)23-20(28)22-16-6-4-5-7-16/h8-11,14,16H,4-7H2,1-3H3,(H2,22,23,26,28). The van der Waals surface area contributed by atoms with Gasteiger partial charge in [-0.25, -0.2) is 19.3 Å². The molecular formula is C20H25N5O4. The van der Waals surface area contributed by atoms with Crippen LogP contribution in [0.5, 0.6) is 0 Å². The fourth-order valence-corrected chi connectivity index (χ4v) is 3.28. The van der Waals surface area contributed by atoms with Crippen molar-refractivity contribution in [3.8, 4) is 5.82 Å². The second kappa shape index (κ2) is 8.85. The number of carbonyl (C=O) groups is 3. The Kier molecular flexibility index (Phi) is 6.26. The Morgan fingerprint density at radius 3 is 2.52 bits per heavy atom. The molecule has 1 unspecified atom stereocenters. The summed E-state index contributed by atoms with van der Waals surface area (Å²) in [5.41, 5.74) is 1.99. The Hall–Kier alpha value is -3.23. The minimum Gasteiger partial charge on any atom is -0.449 e. The highest BCUT2D eigenvalue weighted by molar-refractivity contribution is 5.98. The first-order valence-corrected chi connectivity index (χ1v) is 9.65. The lowest BCUT2D eigenvalue weighted by Gasteiger charge is -2.15. The summed E-state index contributed by atoms with van der Waals surface area (Å²) in [6, 6.07) is 4.65. The lowest BCUT2D eigenvalue weighted by atomic mass is 10.2. The molecule has 3 rings (SSSR count). The fraction of sp³-hybridized carbons (Fsp3) is 0.450. The van der Waals surface area contributed by atoms with Crippen LogP contribution < -0.4 is 10.6 Å². The first kappa shape index (κ1) is 20.5. The van der Waals surface area contributed by atoms with Crippen molar-refractivity contribution < 1.29 is 19.1 Å². The number of carbonyl (C=O) groups excluding carboxylic acids is 3. The fourth-order valence-electron chi connectivity index (χ4n) is 3.28. The van der Waals surface area contributed by atoms with Gasteiger partial charge in [-0.15, -0.1) is 0 Å². The summed E-state index contributed by atoms with van der Waals surface area (Å²) in [6.07, 6.45) is 4.21. The van der Waals surface area contributed by atoms with Gasteiger partial charge in [0.1, 0.15) is 0 Å². The van der Waals surface area contributed by atoms with E-state index in [0.717, 1.165) is 37.1 Å². The number of nitrogens with zero attached hydrogens (tertiary/aromatic N) is 3. The third-order valence-corrected chi connectivity index (χ3v) is 4.79. The van der Waals surface area contributed by atoms with Gasteiger partial charge in [-0.3, -0.25) is 10.1 Å². The predicted molar refractivity (Wildman–Crippen MR) is 105 cm³/mol. The largest absolute Gasteiger partial charge is 0.449 e. The molecule has 2 N–H and O–H groups in total. The second-order valence-electron chi connectivity index (χ2n) is 7.24. The first-order chi connectivity index (χ1) is 13.8. The van der Waals surface area contributed by atoms with E-state index in [0.29, 0.717) is 5.82 Å². The molecule has 154 valence electrons. The highest BCUT2D eigenvalue weighted by atomic mass is 16.5. The van der Waals surface area contributed by atoms with E-state index >= 15 is 0 Å². The molecule has 1 saturated carbocycles. The zero-order valence-corrected chi connectivity index (χ0v) is 16.8. The second-order valence-corrected chi connectivity index (χ2v) is 7.24. The van der Waals surface area contributed by atoms with Crippen molar-refractivity contribution in [2.24, 2.45) is 0 Å². The molecule has 2 aromatic rings. The van der Waals surface area contributed by atoms with E-state index in [9.17, 15) is 14.4 Å². The number of amides is 3. The number of nitrogens with one attached hydrogen (secondary N) is 2. The van der Waals surface area contributed by atoms with Gasteiger partial charge < -0.3 is 10.1 Å². The van der Waals surface area contributed by atoms with E-state index in [4.69, 9.17) is 4.74 Å². The summed E-state index contributed by atoms with van der Waals surface area (Å²) in [4.78, 5) is 40.5. The zero-order valence-electron chi connectivity index (χ0n) is 16.8. The molecule has 0 spiro atoms. The van der Waals surface area contributed by atoms with Gasteiger partial charge in [-0.2, -0.15) is 5.10 Å². The molecule has 0 aromatic carbocycles. The smallest absolute Gasteiger partial charge is 0.340 e. The number of esters is 1. The molecule has 0 radical (unpaired) electrons. The Bertz CT molecular complexity index is 900. The molecule has 3 amide bonds. The van der Waals surface area contributed by atoms with Crippen molar-refractivity contribution in [1.82, 2.24) is 25.4 Å². The maximum Gasteiger partial charge on any atom is 0.340 e. The number of hydrogen-bond acceptors (Lipinski definition) is 6. The van der Waals surface area contributed by atoms with Crippen molar-refractivity contribution in [2.75, 3.05) is 0 Å². The zero-order chi connectivity index (χ0) is 21.0. The third kappa shape index (κ3) is 5.18. The number of aromatic nitrogens is 3. The van der Waals surface area contributed by atoms with Crippen LogP contribution in [-0.4, -0.2) is 44.8 Å². The van der Waals surface area contributed by atoms with E-state index in [1.807, 2.05) is 19.9 Å². The van der Waals surface area contributed by atoms with Gasteiger partial charge in [0, 0.05) is 17.9 Å². The minimum absolute atomic E-state index is 0.0902. The molecule has 0 bridgehead atoms. The van der Waals surface area contributed by atoms with Crippen LogP contribution in [0.3, 0.4) is 0 Å². The number of aryl methyl sites for hydroxylation is 2. The van der Waals surface area contributed by atoms with Gasteiger partial charge in [0.05, 0.1) is 11.3 Å². The average molecular weight is 399 g/mol. The Balaban J connectivity index is 1.54. The lowest BCUT2D eigenvalue weighted by Crippen LogP contribution is -2.47. The number of rotatable bonds is 5. The maximum absolute atomic E-state index is 12.3. The molecule has 1 fully saturated rings. The maximum atomic E-state index is 12.3. The summed E-state index contributed by atoms with van der Waals surface area (Å²) < 4.78 is 6.82. The molecule has 0 saturated heterocycles. The summed E-state index contributed by atoms with van der Waals surface area (Å²) >= 11 is 0. The van der Waals surface area contributed by atoms with E-state index in [2.05, 4.69) is 20.7 Å². The van der Waals surface area contributed by atoms with Crippen LogP contribution >= 0.6 is 0 Å². The molecule has 9 nitrogen and oxygen atoms in total. The summed E-state index contributed by atoms with van der Waals surface area (Å²) in [5.74, 6) is -0.807. The van der Waals surface area contributed by atoms with Crippen LogP contribution in [0.2, 0.25) is 0 Å². The third-order valence-electron chi connectivity index (χ3n) is 4.79. The van der Waals surface area contributed by atoms with Crippen molar-refractivity contribution in [3.63, 3.8) is 0 Å². The van der Waals surface area contributed by atoms with E-state index in [1.165, 1.54) is 13.1 Å². The van der Waals surface area contributed by atoms with E-state index < -0.39 is 24.0 Å². The van der Waals surface area contributed by atoms with Crippen LogP contribution in [0.15, 0.2) is 24.4 Å². The van der Waals surface area contributed by atoms with Gasteiger partial charge in [-0.05, 0) is 51.8 Å². The minimum atomic E-state index is -1.12. The number of ether oxygens (including phenoxy) is 1. The highest BCUT2D eigenvalue weighted by Gasteiger charge is 2.23. The first-order valence-electron chi connectivity index (χ1n) is 9.65. The molecule has 2 aromatic heterocycles. The Labute approximate surface area is 168 Å². The molecule has 1 aliphatic rings. The number of urea groups is 1. The molecule has 1 aliphatic carbocycles. The lowest BCUT2D eigenvalue weighted by molar-refractivity contribution is -0.127. The normalized spacial score (nSPS) is 15.0. The van der Waals surface area contributed by atoms with Gasteiger partial charge in [-0.1, -0.05) is 12.8 Å². The van der Waals surface area contributed by atoms with Crippen LogP contribution in [0.4, 0.5) is 4.79 Å². The van der Waals surface area contributed by atoms with E-state index in [-0.39, 0.29) is 11.6 Å². The van der Waals surface area contributed by atoms with Crippen molar-refractivity contribution in [1.29, 1.82) is 0 Å². The summed E-state index contributed by atoms with van der Waals surface area (Å²) in [5, 5.41) is 9.30. The van der Waals surface area contributed by atoms with Gasteiger partial charge in [0.2, 0.25) is 0 Å². The van der Waals surface area contributed by atoms with Gasteiger partial charge >= 0.3 is 12.0 Å². The summed E-state index contributed by atoms with van der Waals surface area (Å²) in [7, 11) is 0. The quantitative estimate of drug-likeness (QED) is 0.745. The summed E-state index contributed by atoms with van der Waals surface area (Å²) in [6.45, 7) is 5.20. The van der Waals surface area contributed by atoms with Gasteiger partial charge in [0.25, 0.3) is 5.91 Å². The molecule has 1 atom stereocenters. The van der Waals surface area contributed by atoms with E-state index in [1.54, 1.807) is 16.8 Å². The van der Waals surface area contributed by atoms with Crippen LogP contribution in [0.25, 0.3) is 5.82 Å². The van der Waals surface area contributed by atoms with Crippen molar-refractivity contribution in [2.45, 2.75) is 58.6 Å². The van der Waals surface area contributed by atoms with Crippen LogP contribution in [0.1, 0.15) is 54.4 Å². The molecular weight excluding hydrogens is 374 g/mol. The average Bonchev–Trinajstić information content (AvgIpc) is 3.30. The number of hydrogen-bond donors (Lipinski definition) is 2. The predicted octanol–water partition coefficient (Wildman–Crippen LogP) is 2.20. The monoisotopic (exact) mass is 399 g/mol. The molecule has 2 heterocycles.